The number of carbonyl (C=O) groups is 1. The van der Waals surface area contributed by atoms with Gasteiger partial charge in [0.15, 0.2) is 6.29 Å². The topological polar surface area (TPSA) is 26.3 Å². The number of hydrogen-bond acceptors (Lipinski definition) is 2. The number of ether oxygens (including phenoxy) is 1. The van der Waals surface area contributed by atoms with Gasteiger partial charge in [0.1, 0.15) is 11.6 Å². The molecule has 2 nitrogen and oxygen atoms in total. The van der Waals surface area contributed by atoms with Crippen LogP contribution >= 0.6 is 0 Å². The molecule has 0 atom stereocenters. The lowest BCUT2D eigenvalue weighted by atomic mass is 10.0. The summed E-state index contributed by atoms with van der Waals surface area (Å²) in [5.41, 5.74) is -0.440. The Morgan fingerprint density at radius 1 is 0.950 bits per heavy atom. The number of para-hydroxylation sites is 1. The van der Waals surface area contributed by atoms with Crippen molar-refractivity contribution in [2.45, 2.75) is 6.36 Å². The fourth-order valence-corrected chi connectivity index (χ4v) is 1.75. The van der Waals surface area contributed by atoms with Crippen molar-refractivity contribution in [1.29, 1.82) is 0 Å². The van der Waals surface area contributed by atoms with Gasteiger partial charge in [-0.1, -0.05) is 30.3 Å². The largest absolute Gasteiger partial charge is 0.573 e. The van der Waals surface area contributed by atoms with Gasteiger partial charge in [-0.3, -0.25) is 4.79 Å². The zero-order chi connectivity index (χ0) is 14.8. The van der Waals surface area contributed by atoms with E-state index in [1.54, 1.807) is 0 Å². The molecule has 0 unspecified atom stereocenters. The van der Waals surface area contributed by atoms with Crippen LogP contribution in [0.4, 0.5) is 17.6 Å². The average Bonchev–Trinajstić information content (AvgIpc) is 2.38. The highest BCUT2D eigenvalue weighted by Crippen LogP contribution is 2.35. The van der Waals surface area contributed by atoms with E-state index in [0.717, 1.165) is 6.07 Å². The number of halogens is 4. The van der Waals surface area contributed by atoms with E-state index >= 15 is 0 Å². The summed E-state index contributed by atoms with van der Waals surface area (Å²) in [7, 11) is 0. The molecule has 0 N–H and O–H groups in total. The minimum Gasteiger partial charge on any atom is -0.405 e. The first kappa shape index (κ1) is 14.0. The molecule has 0 heterocycles. The number of alkyl halides is 3. The molecule has 0 amide bonds. The fraction of sp³-hybridized carbons (Fsp3) is 0.0714. The van der Waals surface area contributed by atoms with Crippen LogP contribution in [0.15, 0.2) is 42.5 Å². The molecule has 0 fully saturated rings. The zero-order valence-corrected chi connectivity index (χ0v) is 9.95. The molecule has 0 saturated carbocycles. The summed E-state index contributed by atoms with van der Waals surface area (Å²) in [6, 6.07) is 9.05. The van der Waals surface area contributed by atoms with Gasteiger partial charge >= 0.3 is 6.36 Å². The van der Waals surface area contributed by atoms with Crippen LogP contribution in [-0.2, 0) is 0 Å². The normalized spacial score (nSPS) is 11.2. The highest BCUT2D eigenvalue weighted by molar-refractivity contribution is 5.81. The molecule has 2 aromatic carbocycles. The summed E-state index contributed by atoms with van der Waals surface area (Å²) in [4.78, 5) is 10.7. The molecule has 6 heteroatoms. The minimum atomic E-state index is -4.88. The molecule has 2 aromatic rings. The molecule has 20 heavy (non-hydrogen) atoms. The van der Waals surface area contributed by atoms with Gasteiger partial charge < -0.3 is 4.74 Å². The molecule has 0 bridgehead atoms. The molecule has 0 aliphatic carbocycles. The molecule has 0 radical (unpaired) electrons. The van der Waals surface area contributed by atoms with Gasteiger partial charge in [-0.2, -0.15) is 0 Å². The quantitative estimate of drug-likeness (QED) is 0.623. The van der Waals surface area contributed by atoms with Gasteiger partial charge in [0.05, 0.1) is 5.56 Å². The van der Waals surface area contributed by atoms with Gasteiger partial charge in [-0.05, 0) is 12.1 Å². The predicted molar refractivity (Wildman–Crippen MR) is 63.9 cm³/mol. The molecule has 0 spiro atoms. The number of rotatable bonds is 3. The van der Waals surface area contributed by atoms with Crippen LogP contribution in [0.5, 0.6) is 5.75 Å². The van der Waals surface area contributed by atoms with Crippen LogP contribution in [0.25, 0.3) is 11.1 Å². The first-order valence-electron chi connectivity index (χ1n) is 5.51. The molecular weight excluding hydrogens is 276 g/mol. The molecule has 0 aromatic heterocycles. The Kier molecular flexibility index (Phi) is 3.74. The Morgan fingerprint density at radius 2 is 1.60 bits per heavy atom. The summed E-state index contributed by atoms with van der Waals surface area (Å²) in [5.74, 6) is -1.41. The third-order valence-corrected chi connectivity index (χ3v) is 2.56. The predicted octanol–water partition coefficient (Wildman–Crippen LogP) is 4.20. The zero-order valence-electron chi connectivity index (χ0n) is 9.95. The van der Waals surface area contributed by atoms with E-state index in [2.05, 4.69) is 4.74 Å². The Morgan fingerprint density at radius 3 is 2.25 bits per heavy atom. The minimum absolute atomic E-state index is 0.0778. The maximum absolute atomic E-state index is 14.0. The lowest BCUT2D eigenvalue weighted by Crippen LogP contribution is -2.17. The SMILES string of the molecule is O=Cc1cccc(-c2ccccc2OC(F)(F)F)c1F. The van der Waals surface area contributed by atoms with Crippen molar-refractivity contribution in [2.24, 2.45) is 0 Å². The molecule has 0 aliphatic rings. The van der Waals surface area contributed by atoms with Gasteiger partial charge in [0, 0.05) is 11.1 Å². The highest BCUT2D eigenvalue weighted by Gasteiger charge is 2.32. The monoisotopic (exact) mass is 284 g/mol. The third kappa shape index (κ3) is 2.96. The van der Waals surface area contributed by atoms with E-state index in [1.165, 1.54) is 36.4 Å². The standard InChI is InChI=1S/C14H8F4O2/c15-13-9(8-19)4-3-6-11(13)10-5-1-2-7-12(10)20-14(16,17)18/h1-8H. The second kappa shape index (κ2) is 5.32. The Labute approximate surface area is 111 Å². The summed E-state index contributed by atoms with van der Waals surface area (Å²) in [6.07, 6.45) is -4.58. The lowest BCUT2D eigenvalue weighted by Gasteiger charge is -2.14. The van der Waals surface area contributed by atoms with Crippen LogP contribution < -0.4 is 4.74 Å². The van der Waals surface area contributed by atoms with E-state index in [9.17, 15) is 22.4 Å². The summed E-state index contributed by atoms with van der Waals surface area (Å²) < 4.78 is 54.8. The Balaban J connectivity index is 2.56. The maximum Gasteiger partial charge on any atom is 0.573 e. The number of aldehydes is 1. The van der Waals surface area contributed by atoms with Gasteiger partial charge in [-0.15, -0.1) is 13.2 Å². The van der Waals surface area contributed by atoms with E-state index in [0.29, 0.717) is 6.29 Å². The molecule has 2 rings (SSSR count). The first-order valence-corrected chi connectivity index (χ1v) is 5.51. The van der Waals surface area contributed by atoms with Crippen molar-refractivity contribution in [3.63, 3.8) is 0 Å². The maximum atomic E-state index is 14.0. The number of benzene rings is 2. The van der Waals surface area contributed by atoms with Gasteiger partial charge in [0.2, 0.25) is 0 Å². The Bertz CT molecular complexity index is 635. The van der Waals surface area contributed by atoms with E-state index in [1.807, 2.05) is 0 Å². The molecule has 0 saturated heterocycles. The molecule has 104 valence electrons. The first-order chi connectivity index (χ1) is 9.42. The van der Waals surface area contributed by atoms with Crippen LogP contribution in [-0.4, -0.2) is 12.6 Å². The van der Waals surface area contributed by atoms with Crippen LogP contribution in [0.1, 0.15) is 10.4 Å². The molecular formula is C14H8F4O2. The van der Waals surface area contributed by atoms with Crippen LogP contribution in [0.2, 0.25) is 0 Å². The van der Waals surface area contributed by atoms with Gasteiger partial charge in [0.25, 0.3) is 0 Å². The van der Waals surface area contributed by atoms with Crippen molar-refractivity contribution < 1.29 is 27.1 Å². The lowest BCUT2D eigenvalue weighted by molar-refractivity contribution is -0.274. The fourth-order valence-electron chi connectivity index (χ4n) is 1.75. The van der Waals surface area contributed by atoms with Crippen LogP contribution in [0.3, 0.4) is 0 Å². The summed E-state index contributed by atoms with van der Waals surface area (Å²) in [6.45, 7) is 0. The summed E-state index contributed by atoms with van der Waals surface area (Å²) >= 11 is 0. The second-order valence-corrected chi connectivity index (χ2v) is 3.87. The van der Waals surface area contributed by atoms with Crippen molar-refractivity contribution in [3.8, 4) is 16.9 Å². The average molecular weight is 284 g/mol. The smallest absolute Gasteiger partial charge is 0.405 e. The second-order valence-electron chi connectivity index (χ2n) is 3.87. The Hall–Kier alpha value is -2.37. The van der Waals surface area contributed by atoms with Crippen molar-refractivity contribution in [2.75, 3.05) is 0 Å². The summed E-state index contributed by atoms with van der Waals surface area (Å²) in [5, 5.41) is 0. The van der Waals surface area contributed by atoms with Crippen molar-refractivity contribution >= 4 is 6.29 Å². The van der Waals surface area contributed by atoms with Gasteiger partial charge in [-0.25, -0.2) is 4.39 Å². The van der Waals surface area contributed by atoms with Crippen molar-refractivity contribution in [3.05, 3.63) is 53.8 Å². The number of hydrogen-bond donors (Lipinski definition) is 0. The van der Waals surface area contributed by atoms with Crippen molar-refractivity contribution in [1.82, 2.24) is 0 Å². The third-order valence-electron chi connectivity index (χ3n) is 2.56. The van der Waals surface area contributed by atoms with E-state index in [-0.39, 0.29) is 16.7 Å². The van der Waals surface area contributed by atoms with Crippen LogP contribution in [0, 0.1) is 5.82 Å². The highest BCUT2D eigenvalue weighted by atomic mass is 19.4. The van der Waals surface area contributed by atoms with E-state index in [4.69, 9.17) is 0 Å². The number of carbonyl (C=O) groups excluding carboxylic acids is 1. The van der Waals surface area contributed by atoms with E-state index < -0.39 is 17.9 Å². The molecule has 0 aliphatic heterocycles.